The number of carboxylic acid groups (broad SMARTS) is 1. The molecular weight excluding hydrogens is 590 g/mol. The summed E-state index contributed by atoms with van der Waals surface area (Å²) in [6.07, 6.45) is -0.934. The Labute approximate surface area is 217 Å². The number of aliphatic imine (C=N–C) groups is 1. The number of β-amino-alcohol motifs (C(OH)–C–C–N with tert-alkyl or cyclic N) is 1. The van der Waals surface area contributed by atoms with Gasteiger partial charge in [0, 0.05) is 32.8 Å². The van der Waals surface area contributed by atoms with Crippen LogP contribution in [0.3, 0.4) is 0 Å². The lowest BCUT2D eigenvalue weighted by Gasteiger charge is -2.20. The van der Waals surface area contributed by atoms with Gasteiger partial charge in [0.05, 0.1) is 31.7 Å². The lowest BCUT2D eigenvalue weighted by molar-refractivity contribution is -0.137. The van der Waals surface area contributed by atoms with Crippen LogP contribution in [-0.2, 0) is 9.59 Å². The van der Waals surface area contributed by atoms with Gasteiger partial charge in [-0.05, 0) is 35.9 Å². The molecule has 0 saturated heterocycles. The number of phenolic OH excluding ortho intramolecular Hbond substituents is 1. The number of phenols is 1. The number of guanidine groups is 1. The second kappa shape index (κ2) is 12.0. The van der Waals surface area contributed by atoms with E-state index >= 15 is 0 Å². The molecule has 0 aromatic heterocycles. The molecule has 1 aliphatic rings. The first kappa shape index (κ1) is 26.4. The summed E-state index contributed by atoms with van der Waals surface area (Å²) in [7, 11) is 0. The molecule has 35 heavy (non-hydrogen) atoms. The van der Waals surface area contributed by atoms with E-state index < -0.39 is 36.5 Å². The highest BCUT2D eigenvalue weighted by molar-refractivity contribution is 9.11. The number of carboxylic acids is 1. The van der Waals surface area contributed by atoms with Crippen molar-refractivity contribution in [1.82, 2.24) is 16.0 Å². The van der Waals surface area contributed by atoms with E-state index in [1.165, 1.54) is 18.2 Å². The van der Waals surface area contributed by atoms with E-state index in [0.29, 0.717) is 32.7 Å². The summed E-state index contributed by atoms with van der Waals surface area (Å²) in [5, 5.41) is 39.6. The maximum Gasteiger partial charge on any atom is 0.305 e. The lowest BCUT2D eigenvalue weighted by Crippen LogP contribution is -2.42. The molecular formula is C22H23Br2N5O6. The number of aromatic hydroxyl groups is 1. The minimum atomic E-state index is -1.10. The first-order chi connectivity index (χ1) is 16.6. The van der Waals surface area contributed by atoms with E-state index in [1.54, 1.807) is 18.2 Å². The van der Waals surface area contributed by atoms with E-state index in [0.717, 1.165) is 0 Å². The van der Waals surface area contributed by atoms with E-state index in [-0.39, 0.29) is 24.3 Å². The first-order valence-electron chi connectivity index (χ1n) is 10.4. The van der Waals surface area contributed by atoms with Gasteiger partial charge >= 0.3 is 5.97 Å². The molecule has 186 valence electrons. The zero-order chi connectivity index (χ0) is 25.5. The normalized spacial score (nSPS) is 15.9. The van der Waals surface area contributed by atoms with Gasteiger partial charge in [0.1, 0.15) is 5.75 Å². The molecule has 1 heterocycles. The number of anilines is 1. The Morgan fingerprint density at radius 3 is 2.46 bits per heavy atom. The van der Waals surface area contributed by atoms with Crippen molar-refractivity contribution >= 4 is 61.3 Å². The molecule has 2 amide bonds. The average molecular weight is 613 g/mol. The highest BCUT2D eigenvalue weighted by Crippen LogP contribution is 2.26. The van der Waals surface area contributed by atoms with E-state index in [9.17, 15) is 29.7 Å². The molecule has 11 nitrogen and oxygen atoms in total. The van der Waals surface area contributed by atoms with Crippen molar-refractivity contribution in [3.8, 4) is 5.75 Å². The topological polar surface area (TPSA) is 172 Å². The highest BCUT2D eigenvalue weighted by atomic mass is 79.9. The smallest absolute Gasteiger partial charge is 0.305 e. The number of nitrogens with zero attached hydrogens (tertiary/aromatic N) is 1. The maximum atomic E-state index is 12.6. The Kier molecular flexibility index (Phi) is 9.07. The minimum Gasteiger partial charge on any atom is -0.508 e. The molecule has 1 unspecified atom stereocenters. The molecule has 2 aromatic carbocycles. The van der Waals surface area contributed by atoms with Crippen LogP contribution >= 0.6 is 31.9 Å². The number of carbonyl (C=O) groups excluding carboxylic acids is 2. The number of aliphatic carboxylic acids is 1. The van der Waals surface area contributed by atoms with Crippen LogP contribution in [0.2, 0.25) is 0 Å². The van der Waals surface area contributed by atoms with Crippen LogP contribution in [0.4, 0.5) is 5.69 Å². The Balaban J connectivity index is 1.63. The number of aliphatic hydroxyl groups excluding tert-OH is 1. The summed E-state index contributed by atoms with van der Waals surface area (Å²) in [5.74, 6) is -2.09. The van der Waals surface area contributed by atoms with Crippen LogP contribution in [0, 0.1) is 0 Å². The zero-order valence-corrected chi connectivity index (χ0v) is 21.4. The molecule has 2 atom stereocenters. The van der Waals surface area contributed by atoms with E-state index in [2.05, 4.69) is 58.1 Å². The quantitative estimate of drug-likeness (QED) is 0.236. The number of nitrogens with one attached hydrogen (secondary N) is 4. The molecule has 0 radical (unpaired) electrons. The van der Waals surface area contributed by atoms with Gasteiger partial charge in [0.15, 0.2) is 5.96 Å². The third-order valence-electron chi connectivity index (χ3n) is 4.82. The van der Waals surface area contributed by atoms with E-state index in [1.807, 2.05) is 0 Å². The fourth-order valence-corrected chi connectivity index (χ4v) is 4.61. The fourth-order valence-electron chi connectivity index (χ4n) is 3.28. The third kappa shape index (κ3) is 8.23. The molecule has 0 spiro atoms. The Hall–Kier alpha value is -3.16. The number of hydrogen-bond donors (Lipinski definition) is 7. The van der Waals surface area contributed by atoms with Crippen molar-refractivity contribution in [2.45, 2.75) is 18.6 Å². The van der Waals surface area contributed by atoms with Crippen molar-refractivity contribution in [3.05, 3.63) is 56.5 Å². The predicted octanol–water partition coefficient (Wildman–Crippen LogP) is 1.71. The summed E-state index contributed by atoms with van der Waals surface area (Å²) in [4.78, 5) is 40.5. The van der Waals surface area contributed by atoms with Crippen LogP contribution in [0.5, 0.6) is 5.75 Å². The first-order valence-corrected chi connectivity index (χ1v) is 12.0. The standard InChI is InChI=1S/C22H23Br2N5O6/c23-13-1-11(2-14(24)5-13)18(7-20(33)34)29-19(32)10-25-21(35)12-3-15(6-16(30)4-12)28-22-26-8-17(31)9-27-22/h1-6,17-18,30-31H,7-10H2,(H,25,35)(H,29,32)(H,33,34)(H2,26,27,28)/t18-/m0/s1. The minimum absolute atomic E-state index is 0.0924. The monoisotopic (exact) mass is 611 g/mol. The van der Waals surface area contributed by atoms with Crippen molar-refractivity contribution in [1.29, 1.82) is 0 Å². The Bertz CT molecular complexity index is 1140. The molecule has 13 heteroatoms. The van der Waals surface area contributed by atoms with Crippen LogP contribution in [0.25, 0.3) is 0 Å². The molecule has 0 aliphatic carbocycles. The van der Waals surface area contributed by atoms with Gasteiger partial charge in [-0.3, -0.25) is 19.4 Å². The van der Waals surface area contributed by atoms with Crippen molar-refractivity contribution in [2.75, 3.05) is 25.0 Å². The van der Waals surface area contributed by atoms with Crippen molar-refractivity contribution in [3.63, 3.8) is 0 Å². The molecule has 0 bridgehead atoms. The van der Waals surface area contributed by atoms with E-state index in [4.69, 9.17) is 0 Å². The van der Waals surface area contributed by atoms with Crippen molar-refractivity contribution < 1.29 is 29.7 Å². The Morgan fingerprint density at radius 2 is 1.83 bits per heavy atom. The molecule has 2 aromatic rings. The fraction of sp³-hybridized carbons (Fsp3) is 0.273. The van der Waals surface area contributed by atoms with Crippen LogP contribution < -0.4 is 21.3 Å². The SMILES string of the molecule is O=C(O)C[C@H](NC(=O)CNC(=O)c1cc(O)cc(NC2=NCC(O)CN2)c1)c1cc(Br)cc(Br)c1. The maximum absolute atomic E-state index is 12.6. The van der Waals surface area contributed by atoms with Gasteiger partial charge < -0.3 is 36.6 Å². The van der Waals surface area contributed by atoms with Crippen molar-refractivity contribution in [2.24, 2.45) is 4.99 Å². The number of amides is 2. The second-order valence-electron chi connectivity index (χ2n) is 7.72. The molecule has 0 fully saturated rings. The molecule has 1 aliphatic heterocycles. The van der Waals surface area contributed by atoms with Gasteiger partial charge in [-0.1, -0.05) is 31.9 Å². The van der Waals surface area contributed by atoms with Crippen LogP contribution in [-0.4, -0.2) is 64.8 Å². The number of aliphatic hydroxyl groups is 1. The third-order valence-corrected chi connectivity index (χ3v) is 5.73. The number of hydrogen-bond acceptors (Lipinski definition) is 8. The number of carbonyl (C=O) groups is 3. The molecule has 3 rings (SSSR count). The molecule has 0 saturated carbocycles. The lowest BCUT2D eigenvalue weighted by atomic mass is 10.0. The van der Waals surface area contributed by atoms with Gasteiger partial charge in [-0.15, -0.1) is 0 Å². The van der Waals surface area contributed by atoms with Crippen LogP contribution in [0.15, 0.2) is 50.3 Å². The highest BCUT2D eigenvalue weighted by Gasteiger charge is 2.20. The van der Waals surface area contributed by atoms with Gasteiger partial charge in [-0.2, -0.15) is 0 Å². The Morgan fingerprint density at radius 1 is 1.11 bits per heavy atom. The summed E-state index contributed by atoms with van der Waals surface area (Å²) in [6, 6.07) is 8.46. The van der Waals surface area contributed by atoms with Gasteiger partial charge in [0.2, 0.25) is 5.91 Å². The summed E-state index contributed by atoms with van der Waals surface area (Å²) >= 11 is 6.68. The average Bonchev–Trinajstić information content (AvgIpc) is 2.77. The predicted molar refractivity (Wildman–Crippen MR) is 135 cm³/mol. The van der Waals surface area contributed by atoms with Gasteiger partial charge in [-0.25, -0.2) is 0 Å². The second-order valence-corrected chi connectivity index (χ2v) is 9.55. The number of halogens is 2. The largest absolute Gasteiger partial charge is 0.508 e. The summed E-state index contributed by atoms with van der Waals surface area (Å²) in [6.45, 7) is 0.123. The summed E-state index contributed by atoms with van der Waals surface area (Å²) in [5.41, 5.74) is 1.04. The summed E-state index contributed by atoms with van der Waals surface area (Å²) < 4.78 is 1.41. The molecule has 7 N–H and O–H groups in total. The number of benzene rings is 2. The van der Waals surface area contributed by atoms with Crippen LogP contribution in [0.1, 0.15) is 28.4 Å². The van der Waals surface area contributed by atoms with Gasteiger partial charge in [0.25, 0.3) is 5.91 Å². The number of rotatable bonds is 8. The zero-order valence-electron chi connectivity index (χ0n) is 18.2.